The lowest BCUT2D eigenvalue weighted by Crippen LogP contribution is -2.25. The van der Waals surface area contributed by atoms with Crippen molar-refractivity contribution < 1.29 is 22.1 Å². The van der Waals surface area contributed by atoms with Gasteiger partial charge in [-0.3, -0.25) is 0 Å². The van der Waals surface area contributed by atoms with Crippen LogP contribution in [0.1, 0.15) is 0 Å². The third-order valence-electron chi connectivity index (χ3n) is 10.0. The fourth-order valence-electron chi connectivity index (χ4n) is 7.32. The Hall–Kier alpha value is -7.02. The maximum Gasteiger partial charge on any atom is 0.171 e. The van der Waals surface area contributed by atoms with Crippen molar-refractivity contribution in [2.45, 2.75) is 0 Å². The van der Waals surface area contributed by atoms with E-state index in [0.29, 0.717) is 5.56 Å². The summed E-state index contributed by atoms with van der Waals surface area (Å²) in [5.41, 5.74) is 4.39. The Morgan fingerprint density at radius 3 is 1.21 bits per heavy atom. The highest BCUT2D eigenvalue weighted by atomic mass is 31.2. The maximum atomic E-state index is 15.2. The van der Waals surface area contributed by atoms with Crippen LogP contribution in [0.25, 0.3) is 67.2 Å². The molecule has 0 amide bonds. The first-order valence-corrected chi connectivity index (χ1v) is 20.1. The fourth-order valence-corrected chi connectivity index (χ4v) is 10.0. The van der Waals surface area contributed by atoms with E-state index in [2.05, 4.69) is 39.2 Å². The van der Waals surface area contributed by atoms with E-state index in [0.717, 1.165) is 85.3 Å². The van der Waals surface area contributed by atoms with Gasteiger partial charge in [0, 0.05) is 44.7 Å². The Morgan fingerprint density at radius 2 is 0.724 bits per heavy atom. The number of nitrogens with zero attached hydrogens (tertiary/aromatic N) is 3. The molecule has 0 saturated heterocycles. The van der Waals surface area contributed by atoms with Gasteiger partial charge in [-0.25, -0.2) is 32.5 Å². The van der Waals surface area contributed by atoms with Gasteiger partial charge in [0.15, 0.2) is 24.6 Å². The van der Waals surface area contributed by atoms with Gasteiger partial charge >= 0.3 is 0 Å². The first kappa shape index (κ1) is 36.6. The molecule has 0 unspecified atom stereocenters. The van der Waals surface area contributed by atoms with Gasteiger partial charge in [-0.1, -0.05) is 140 Å². The molecule has 0 atom stereocenters. The average molecular weight is 784 g/mol. The lowest BCUT2D eigenvalue weighted by atomic mass is 9.92. The summed E-state index contributed by atoms with van der Waals surface area (Å²) in [6, 6.07) is 52.6. The van der Waals surface area contributed by atoms with Crippen LogP contribution in [0, 0.1) is 23.3 Å². The molecule has 280 valence electrons. The topological polar surface area (TPSA) is 55.7 Å². The quantitative estimate of drug-likeness (QED) is 0.114. The molecule has 0 radical (unpaired) electrons. The number of halogens is 4. The van der Waals surface area contributed by atoms with Crippen LogP contribution in [0.15, 0.2) is 182 Å². The smallest absolute Gasteiger partial charge is 0.171 e. The second kappa shape index (κ2) is 15.1. The van der Waals surface area contributed by atoms with E-state index in [1.165, 1.54) is 0 Å². The van der Waals surface area contributed by atoms with Crippen molar-refractivity contribution in [3.05, 3.63) is 205 Å². The normalized spacial score (nSPS) is 11.5. The first-order chi connectivity index (χ1) is 28.2. The molecule has 0 aliphatic heterocycles. The van der Waals surface area contributed by atoms with Gasteiger partial charge in [-0.15, -0.1) is 0 Å². The minimum atomic E-state index is -3.20. The van der Waals surface area contributed by atoms with E-state index in [4.69, 9.17) is 0 Å². The lowest BCUT2D eigenvalue weighted by Gasteiger charge is -2.21. The molecule has 58 heavy (non-hydrogen) atoms. The lowest BCUT2D eigenvalue weighted by molar-refractivity contribution is 0.583. The fraction of sp³-hybridized carbons (Fsp3) is 0. The summed E-state index contributed by atoms with van der Waals surface area (Å²) in [6.45, 7) is 0. The summed E-state index contributed by atoms with van der Waals surface area (Å²) in [7, 11) is -3.20. The van der Waals surface area contributed by atoms with Crippen LogP contribution >= 0.6 is 7.14 Å². The molecule has 4 nitrogen and oxygen atoms in total. The minimum absolute atomic E-state index is 0.0379. The molecule has 1 heterocycles. The Balaban J connectivity index is 1.11. The number of rotatable bonds is 8. The summed E-state index contributed by atoms with van der Waals surface area (Å²) >= 11 is 0. The third-order valence-corrected chi connectivity index (χ3v) is 13.1. The molecule has 0 N–H and O–H groups in total. The van der Waals surface area contributed by atoms with E-state index in [9.17, 15) is 17.6 Å². The summed E-state index contributed by atoms with van der Waals surface area (Å²) < 4.78 is 72.3. The number of hydrogen-bond donors (Lipinski definition) is 0. The van der Waals surface area contributed by atoms with E-state index in [1.807, 2.05) is 121 Å². The molecular formula is C49H30F4N3OP. The van der Waals surface area contributed by atoms with Crippen molar-refractivity contribution in [2.75, 3.05) is 0 Å². The Bertz CT molecular complexity index is 2880. The monoisotopic (exact) mass is 783 g/mol. The predicted octanol–water partition coefficient (Wildman–Crippen LogP) is 11.6. The van der Waals surface area contributed by atoms with Crippen molar-refractivity contribution in [2.24, 2.45) is 0 Å². The highest BCUT2D eigenvalue weighted by molar-refractivity contribution is 7.85. The van der Waals surface area contributed by atoms with Crippen LogP contribution in [0.2, 0.25) is 0 Å². The van der Waals surface area contributed by atoms with Crippen LogP contribution in [0.3, 0.4) is 0 Å². The second-order valence-corrected chi connectivity index (χ2v) is 16.5. The van der Waals surface area contributed by atoms with Crippen LogP contribution < -0.4 is 15.9 Å². The molecule has 0 bridgehead atoms. The highest BCUT2D eigenvalue weighted by Crippen LogP contribution is 2.44. The van der Waals surface area contributed by atoms with Gasteiger partial charge in [0.25, 0.3) is 0 Å². The molecule has 0 fully saturated rings. The van der Waals surface area contributed by atoms with Crippen LogP contribution in [0.5, 0.6) is 0 Å². The second-order valence-electron chi connectivity index (χ2n) is 13.7. The summed E-state index contributed by atoms with van der Waals surface area (Å²) in [5, 5.41) is 4.26. The van der Waals surface area contributed by atoms with E-state index < -0.39 is 30.4 Å². The van der Waals surface area contributed by atoms with Gasteiger partial charge in [0.2, 0.25) is 0 Å². The Morgan fingerprint density at radius 1 is 0.328 bits per heavy atom. The third kappa shape index (κ3) is 6.99. The largest absolute Gasteiger partial charge is 0.309 e. The number of benzene rings is 8. The average Bonchev–Trinajstić information content (AvgIpc) is 3.25. The van der Waals surface area contributed by atoms with Gasteiger partial charge in [-0.2, -0.15) is 0 Å². The SMILES string of the molecule is O=P(c1ccccc1)(c1ccccc1)c1cccc(-c2ccc(-c3ccc(-c4nc(-c5cc(F)cc(F)c5)nc(-c5cc(F)cc(F)c5)n4)cc3)c3ccccc23)c1. The zero-order valence-electron chi connectivity index (χ0n) is 30.5. The molecule has 0 aliphatic carbocycles. The van der Waals surface area contributed by atoms with Crippen LogP contribution in [-0.4, -0.2) is 15.0 Å². The Labute approximate surface area is 331 Å². The van der Waals surface area contributed by atoms with Crippen molar-refractivity contribution >= 4 is 33.8 Å². The zero-order valence-corrected chi connectivity index (χ0v) is 31.4. The number of fused-ring (bicyclic) bond motifs is 1. The van der Waals surface area contributed by atoms with E-state index in [-0.39, 0.29) is 28.6 Å². The standard InChI is InChI=1S/C49H30F4N3OP/c50-36-24-34(25-37(51)29-36)48-54-47(55-49(56-48)35-26-38(52)30-39(53)27-35)32-20-18-31(19-21-32)43-22-23-44(46-17-8-7-16-45(43)46)33-10-9-15-42(28-33)58(57,40-11-3-1-4-12-40)41-13-5-2-6-14-41/h1-30H. The number of aromatic nitrogens is 3. The van der Waals surface area contributed by atoms with Gasteiger partial charge in [0.05, 0.1) is 0 Å². The molecule has 0 spiro atoms. The van der Waals surface area contributed by atoms with Crippen molar-refractivity contribution in [3.63, 3.8) is 0 Å². The van der Waals surface area contributed by atoms with E-state index >= 15 is 4.57 Å². The van der Waals surface area contributed by atoms with Gasteiger partial charge in [-0.05, 0) is 63.4 Å². The van der Waals surface area contributed by atoms with Crippen LogP contribution in [-0.2, 0) is 4.57 Å². The molecular weight excluding hydrogens is 754 g/mol. The molecule has 9 rings (SSSR count). The van der Waals surface area contributed by atoms with Crippen LogP contribution in [0.4, 0.5) is 17.6 Å². The van der Waals surface area contributed by atoms with Crippen molar-refractivity contribution in [1.29, 1.82) is 0 Å². The van der Waals surface area contributed by atoms with Gasteiger partial charge in [0.1, 0.15) is 23.3 Å². The molecule has 0 saturated carbocycles. The summed E-state index contributed by atoms with van der Waals surface area (Å²) in [4.78, 5) is 13.4. The van der Waals surface area contributed by atoms with Crippen molar-refractivity contribution in [3.8, 4) is 56.4 Å². The first-order valence-electron chi connectivity index (χ1n) is 18.4. The number of hydrogen-bond acceptors (Lipinski definition) is 4. The molecule has 8 aromatic carbocycles. The maximum absolute atomic E-state index is 15.2. The molecule has 1 aromatic heterocycles. The van der Waals surface area contributed by atoms with E-state index in [1.54, 1.807) is 0 Å². The molecule has 0 aliphatic rings. The summed E-state index contributed by atoms with van der Waals surface area (Å²) in [5.74, 6) is -3.31. The summed E-state index contributed by atoms with van der Waals surface area (Å²) in [6.07, 6.45) is 0. The minimum Gasteiger partial charge on any atom is -0.309 e. The molecule has 9 aromatic rings. The van der Waals surface area contributed by atoms with Gasteiger partial charge < -0.3 is 4.57 Å². The Kier molecular flexibility index (Phi) is 9.56. The molecule has 9 heteroatoms. The zero-order chi connectivity index (χ0) is 39.8. The predicted molar refractivity (Wildman–Crippen MR) is 224 cm³/mol. The highest BCUT2D eigenvalue weighted by Gasteiger charge is 2.30. The van der Waals surface area contributed by atoms with Crippen molar-refractivity contribution in [1.82, 2.24) is 15.0 Å².